The fraction of sp³-hybridized carbons (Fsp3) is 0.333. The van der Waals surface area contributed by atoms with E-state index >= 15 is 0 Å². The number of hydrogen-bond acceptors (Lipinski definition) is 5. The minimum Gasteiger partial charge on any atom is -0.394 e. The molecule has 0 saturated carbocycles. The molecule has 1 saturated heterocycles. The second-order valence-electron chi connectivity index (χ2n) is 6.80. The summed E-state index contributed by atoms with van der Waals surface area (Å²) in [5, 5.41) is 40.7. The smallest absolute Gasteiger partial charge is 0.113 e. The molecule has 0 bridgehead atoms. The Morgan fingerprint density at radius 3 is 2.32 bits per heavy atom. The van der Waals surface area contributed by atoms with Gasteiger partial charge in [-0.1, -0.05) is 59.6 Å². The van der Waals surface area contributed by atoms with Gasteiger partial charge in [-0.2, -0.15) is 0 Å². The highest BCUT2D eigenvalue weighted by Gasteiger charge is 2.43. The quantitative estimate of drug-likeness (QED) is 0.592. The molecule has 5 atom stereocenters. The summed E-state index contributed by atoms with van der Waals surface area (Å²) in [6, 6.07) is 12.7. The molecule has 0 aliphatic carbocycles. The van der Waals surface area contributed by atoms with E-state index in [-0.39, 0.29) is 0 Å². The summed E-state index contributed by atoms with van der Waals surface area (Å²) in [7, 11) is 0. The maximum absolute atomic E-state index is 10.3. The molecule has 28 heavy (non-hydrogen) atoms. The molecule has 150 valence electrons. The van der Waals surface area contributed by atoms with Crippen molar-refractivity contribution < 1.29 is 25.2 Å². The monoisotopic (exact) mass is 424 g/mol. The molecule has 3 rings (SSSR count). The third-order valence-electron chi connectivity index (χ3n) is 4.72. The molecule has 1 aliphatic heterocycles. The topological polar surface area (TPSA) is 90.2 Å². The van der Waals surface area contributed by atoms with E-state index in [1.165, 1.54) is 0 Å². The second-order valence-corrected chi connectivity index (χ2v) is 7.68. The molecular weight excluding hydrogens is 403 g/mol. The average Bonchev–Trinajstić information content (AvgIpc) is 2.66. The maximum atomic E-state index is 10.3. The second kappa shape index (κ2) is 9.37. The summed E-state index contributed by atoms with van der Waals surface area (Å²) >= 11 is 12.0. The largest absolute Gasteiger partial charge is 0.394 e. The van der Waals surface area contributed by atoms with E-state index in [2.05, 4.69) is 0 Å². The Kier molecular flexibility index (Phi) is 7.12. The van der Waals surface area contributed by atoms with Gasteiger partial charge >= 0.3 is 0 Å². The van der Waals surface area contributed by atoms with E-state index in [9.17, 15) is 20.4 Å². The van der Waals surface area contributed by atoms with Gasteiger partial charge in [-0.25, -0.2) is 0 Å². The van der Waals surface area contributed by atoms with Crippen LogP contribution < -0.4 is 0 Å². The number of rotatable bonds is 5. The molecular formula is C21H22Cl2O5. The zero-order valence-electron chi connectivity index (χ0n) is 15.0. The van der Waals surface area contributed by atoms with Gasteiger partial charge < -0.3 is 25.2 Å². The normalized spacial score (nSPS) is 28.0. The number of benzene rings is 2. The molecule has 2 aromatic rings. The third-order valence-corrected chi connectivity index (χ3v) is 5.16. The van der Waals surface area contributed by atoms with Crippen molar-refractivity contribution in [3.05, 3.63) is 75.3 Å². The van der Waals surface area contributed by atoms with Crippen LogP contribution in [0.4, 0.5) is 0 Å². The van der Waals surface area contributed by atoms with Crippen LogP contribution in [0.2, 0.25) is 10.0 Å². The minimum absolute atomic E-state index is 0.452. The highest BCUT2D eigenvalue weighted by atomic mass is 35.5. The van der Waals surface area contributed by atoms with Gasteiger partial charge in [0.25, 0.3) is 0 Å². The maximum Gasteiger partial charge on any atom is 0.113 e. The van der Waals surface area contributed by atoms with E-state index in [0.717, 1.165) is 11.1 Å². The lowest BCUT2D eigenvalue weighted by Gasteiger charge is -2.40. The van der Waals surface area contributed by atoms with Crippen LogP contribution >= 0.6 is 23.2 Å². The molecule has 0 unspecified atom stereocenters. The summed E-state index contributed by atoms with van der Waals surface area (Å²) in [5.74, 6) is 0. The Bertz CT molecular complexity index is 819. The first-order valence-electron chi connectivity index (χ1n) is 8.91. The summed E-state index contributed by atoms with van der Waals surface area (Å²) in [6.45, 7) is -0.452. The molecule has 2 aromatic carbocycles. The van der Waals surface area contributed by atoms with Crippen molar-refractivity contribution in [2.45, 2.75) is 36.9 Å². The third kappa shape index (κ3) is 4.93. The van der Waals surface area contributed by atoms with Crippen molar-refractivity contribution in [2.24, 2.45) is 0 Å². The standard InChI is InChI=1S/C21H22Cl2O5/c22-15-8-13(9-16(23)10-15)5-1-3-12-4-2-6-14(7-12)21-20(27)19(26)18(25)17(11-24)28-21/h1-2,4-10,17-21,24-27H,3,11H2/t17-,18-,19+,20+,21-/m1/s1. The number of ether oxygens (including phenoxy) is 1. The number of aliphatic hydroxyl groups is 4. The van der Waals surface area contributed by atoms with Crippen molar-refractivity contribution >= 4 is 29.3 Å². The molecule has 7 heteroatoms. The zero-order valence-corrected chi connectivity index (χ0v) is 16.5. The van der Waals surface area contributed by atoms with Crippen LogP contribution in [0.15, 0.2) is 48.5 Å². The van der Waals surface area contributed by atoms with Gasteiger partial charge in [0.05, 0.1) is 6.61 Å². The van der Waals surface area contributed by atoms with E-state index < -0.39 is 37.1 Å². The molecule has 0 radical (unpaired) electrons. The molecule has 1 aliphatic rings. The molecule has 1 fully saturated rings. The van der Waals surface area contributed by atoms with Gasteiger partial charge in [-0.3, -0.25) is 0 Å². The predicted octanol–water partition coefficient (Wildman–Crippen LogP) is 2.76. The first kappa shape index (κ1) is 21.3. The summed E-state index contributed by atoms with van der Waals surface area (Å²) in [4.78, 5) is 0. The Balaban J connectivity index is 1.74. The van der Waals surface area contributed by atoms with Crippen LogP contribution in [0.25, 0.3) is 6.08 Å². The highest BCUT2D eigenvalue weighted by Crippen LogP contribution is 2.32. The van der Waals surface area contributed by atoms with Gasteiger partial charge in [0.1, 0.15) is 30.5 Å². The lowest BCUT2D eigenvalue weighted by Crippen LogP contribution is -2.55. The van der Waals surface area contributed by atoms with Gasteiger partial charge in [-0.05, 0) is 41.3 Å². The molecule has 5 nitrogen and oxygen atoms in total. The van der Waals surface area contributed by atoms with E-state index in [1.807, 2.05) is 42.5 Å². The van der Waals surface area contributed by atoms with Gasteiger partial charge in [0.15, 0.2) is 0 Å². The SMILES string of the molecule is OC[C@H]1O[C@H](c2cccc(CC=Cc3cc(Cl)cc(Cl)c3)c2)[C@@H](O)[C@@H](O)[C@@H]1O. The van der Waals surface area contributed by atoms with Crippen molar-refractivity contribution in [3.63, 3.8) is 0 Å². The van der Waals surface area contributed by atoms with Crippen LogP contribution in [0.1, 0.15) is 22.8 Å². The number of hydrogen-bond donors (Lipinski definition) is 4. The van der Waals surface area contributed by atoms with Gasteiger partial charge in [-0.15, -0.1) is 0 Å². The van der Waals surface area contributed by atoms with Crippen molar-refractivity contribution in [1.29, 1.82) is 0 Å². The zero-order chi connectivity index (χ0) is 20.3. The predicted molar refractivity (Wildman–Crippen MR) is 108 cm³/mol. The van der Waals surface area contributed by atoms with Crippen LogP contribution in [0.5, 0.6) is 0 Å². The lowest BCUT2D eigenvalue weighted by molar-refractivity contribution is -0.231. The van der Waals surface area contributed by atoms with Crippen LogP contribution in [0.3, 0.4) is 0 Å². The average molecular weight is 425 g/mol. The van der Waals surface area contributed by atoms with Gasteiger partial charge in [0.2, 0.25) is 0 Å². The van der Waals surface area contributed by atoms with Crippen molar-refractivity contribution in [2.75, 3.05) is 6.61 Å². The minimum atomic E-state index is -1.40. The summed E-state index contributed by atoms with van der Waals surface area (Å²) < 4.78 is 5.61. The van der Waals surface area contributed by atoms with Crippen LogP contribution in [-0.2, 0) is 11.2 Å². The van der Waals surface area contributed by atoms with E-state index in [1.54, 1.807) is 12.1 Å². The Morgan fingerprint density at radius 2 is 1.64 bits per heavy atom. The highest BCUT2D eigenvalue weighted by molar-refractivity contribution is 6.34. The van der Waals surface area contributed by atoms with E-state index in [0.29, 0.717) is 22.0 Å². The fourth-order valence-electron chi connectivity index (χ4n) is 3.28. The molecule has 1 heterocycles. The number of aliphatic hydroxyl groups excluding tert-OH is 4. The van der Waals surface area contributed by atoms with Gasteiger partial charge in [0, 0.05) is 10.0 Å². The fourth-order valence-corrected chi connectivity index (χ4v) is 3.82. The van der Waals surface area contributed by atoms with Crippen molar-refractivity contribution in [3.8, 4) is 0 Å². The Labute approximate surface area is 173 Å². The first-order chi connectivity index (χ1) is 13.4. The van der Waals surface area contributed by atoms with E-state index in [4.69, 9.17) is 27.9 Å². The molecule has 0 aromatic heterocycles. The number of halogens is 2. The Hall–Kier alpha value is -1.44. The van der Waals surface area contributed by atoms with Crippen LogP contribution in [-0.4, -0.2) is 51.4 Å². The van der Waals surface area contributed by atoms with Crippen LogP contribution in [0, 0.1) is 0 Å². The molecule has 0 amide bonds. The summed E-state index contributed by atoms with van der Waals surface area (Å²) in [6.07, 6.45) is -1.33. The first-order valence-corrected chi connectivity index (χ1v) is 9.66. The summed E-state index contributed by atoms with van der Waals surface area (Å²) in [5.41, 5.74) is 2.52. The number of allylic oxidation sites excluding steroid dienone is 1. The Morgan fingerprint density at radius 1 is 0.929 bits per heavy atom. The lowest BCUT2D eigenvalue weighted by atomic mass is 9.90. The van der Waals surface area contributed by atoms with Crippen molar-refractivity contribution in [1.82, 2.24) is 0 Å². The molecule has 0 spiro atoms. The molecule has 4 N–H and O–H groups in total.